The fourth-order valence-corrected chi connectivity index (χ4v) is 9.61. The van der Waals surface area contributed by atoms with Crippen LogP contribution in [0.25, 0.3) is 0 Å². The number of ether oxygens (including phenoxy) is 3. The molecule has 0 aromatic carbocycles. The molecule has 1 fully saturated rings. The van der Waals surface area contributed by atoms with Gasteiger partial charge in [-0.25, -0.2) is 0 Å². The highest BCUT2D eigenvalue weighted by Gasteiger charge is 2.47. The molecule has 1 aliphatic heterocycles. The molecule has 6 N–H and O–H groups in total. The van der Waals surface area contributed by atoms with E-state index < -0.39 is 67.4 Å². The highest BCUT2D eigenvalue weighted by atomic mass is 16.7. The van der Waals surface area contributed by atoms with Crippen LogP contribution in [0.5, 0.6) is 0 Å². The van der Waals surface area contributed by atoms with Gasteiger partial charge < -0.3 is 45.1 Å². The Bertz CT molecular complexity index is 1610. The third kappa shape index (κ3) is 43.2. The monoisotopic (exact) mass is 1110 g/mol. The number of amides is 1. The lowest BCUT2D eigenvalue weighted by Crippen LogP contribution is -2.61. The number of unbranched alkanes of at least 4 members (excludes halogenated alkanes) is 28. The average molecular weight is 1110 g/mol. The molecule has 11 heteroatoms. The van der Waals surface area contributed by atoms with Crippen molar-refractivity contribution in [3.05, 3.63) is 85.1 Å². The van der Waals surface area contributed by atoms with Gasteiger partial charge in [-0.3, -0.25) is 9.59 Å². The van der Waals surface area contributed by atoms with Crippen LogP contribution in [-0.4, -0.2) is 99.6 Å². The summed E-state index contributed by atoms with van der Waals surface area (Å²) >= 11 is 0. The fourth-order valence-electron chi connectivity index (χ4n) is 9.61. The van der Waals surface area contributed by atoms with Crippen molar-refractivity contribution in [3.63, 3.8) is 0 Å². The first-order valence-electron chi connectivity index (χ1n) is 32.4. The zero-order chi connectivity index (χ0) is 57.5. The lowest BCUT2D eigenvalue weighted by Gasteiger charge is -2.41. The van der Waals surface area contributed by atoms with Gasteiger partial charge in [-0.15, -0.1) is 0 Å². The van der Waals surface area contributed by atoms with Crippen molar-refractivity contribution in [1.29, 1.82) is 0 Å². The van der Waals surface area contributed by atoms with Gasteiger partial charge >= 0.3 is 5.97 Å². The Morgan fingerprint density at radius 1 is 0.494 bits per heavy atom. The first-order valence-corrected chi connectivity index (χ1v) is 32.4. The van der Waals surface area contributed by atoms with E-state index in [0.717, 1.165) is 89.9 Å². The molecule has 0 spiro atoms. The Kier molecular flexibility index (Phi) is 51.8. The van der Waals surface area contributed by atoms with Crippen LogP contribution < -0.4 is 5.32 Å². The number of allylic oxidation sites excluding steroid dienone is 13. The lowest BCUT2D eigenvalue weighted by molar-refractivity contribution is -0.305. The van der Waals surface area contributed by atoms with Gasteiger partial charge in [0.2, 0.25) is 5.91 Å². The molecule has 0 bridgehead atoms. The van der Waals surface area contributed by atoms with Gasteiger partial charge in [0, 0.05) is 6.42 Å². The smallest absolute Gasteiger partial charge is 0.306 e. The Hall–Kier alpha value is -3.16. The van der Waals surface area contributed by atoms with E-state index in [1.165, 1.54) is 135 Å². The lowest BCUT2D eigenvalue weighted by atomic mass is 9.99. The molecule has 1 amide bonds. The Morgan fingerprint density at radius 2 is 0.873 bits per heavy atom. The zero-order valence-electron chi connectivity index (χ0n) is 50.5. The number of carbonyl (C=O) groups is 2. The predicted molar refractivity (Wildman–Crippen MR) is 329 cm³/mol. The largest absolute Gasteiger partial charge is 0.454 e. The van der Waals surface area contributed by atoms with E-state index in [1.807, 2.05) is 6.08 Å². The number of hydrogen-bond donors (Lipinski definition) is 6. The van der Waals surface area contributed by atoms with E-state index in [4.69, 9.17) is 14.2 Å². The molecule has 1 saturated heterocycles. The van der Waals surface area contributed by atoms with Crippen molar-refractivity contribution < 1.29 is 49.3 Å². The van der Waals surface area contributed by atoms with E-state index >= 15 is 0 Å². The number of hydrogen-bond acceptors (Lipinski definition) is 10. The molecular weight excluding hydrogens is 991 g/mol. The molecule has 0 saturated carbocycles. The van der Waals surface area contributed by atoms with E-state index in [1.54, 1.807) is 6.08 Å². The van der Waals surface area contributed by atoms with Gasteiger partial charge in [-0.2, -0.15) is 0 Å². The van der Waals surface area contributed by atoms with Crippen molar-refractivity contribution in [2.45, 2.75) is 320 Å². The van der Waals surface area contributed by atoms with Crippen LogP contribution in [0.4, 0.5) is 0 Å². The van der Waals surface area contributed by atoms with Gasteiger partial charge in [0.15, 0.2) is 12.4 Å². The first kappa shape index (κ1) is 73.9. The molecule has 0 aromatic rings. The summed E-state index contributed by atoms with van der Waals surface area (Å²) in [6, 6.07) is -1.04. The molecule has 0 aliphatic carbocycles. The highest BCUT2D eigenvalue weighted by Crippen LogP contribution is 2.26. The van der Waals surface area contributed by atoms with Gasteiger partial charge in [-0.1, -0.05) is 247 Å². The van der Waals surface area contributed by atoms with Crippen molar-refractivity contribution >= 4 is 11.9 Å². The van der Waals surface area contributed by atoms with Crippen molar-refractivity contribution in [2.75, 3.05) is 13.2 Å². The van der Waals surface area contributed by atoms with Gasteiger partial charge in [0.05, 0.1) is 25.4 Å². The molecule has 8 unspecified atom stereocenters. The third-order valence-corrected chi connectivity index (χ3v) is 14.8. The number of rotatable bonds is 54. The fraction of sp³-hybridized carbons (Fsp3) is 0.765. The Morgan fingerprint density at radius 3 is 1.33 bits per heavy atom. The number of esters is 1. The van der Waals surface area contributed by atoms with Crippen molar-refractivity contribution in [3.8, 4) is 0 Å². The van der Waals surface area contributed by atoms with Gasteiger partial charge in [-0.05, 0) is 103 Å². The number of carbonyl (C=O) groups excluding carboxylic acids is 2. The summed E-state index contributed by atoms with van der Waals surface area (Å²) in [5.74, 6) is -1.23. The van der Waals surface area contributed by atoms with Crippen LogP contribution in [0.2, 0.25) is 0 Å². The van der Waals surface area contributed by atoms with Gasteiger partial charge in [0.1, 0.15) is 24.4 Å². The van der Waals surface area contributed by atoms with Crippen molar-refractivity contribution in [2.24, 2.45) is 0 Å². The number of aliphatic hydroxyl groups excluding tert-OH is 5. The van der Waals surface area contributed by atoms with E-state index in [0.29, 0.717) is 12.8 Å². The third-order valence-electron chi connectivity index (χ3n) is 14.8. The zero-order valence-corrected chi connectivity index (χ0v) is 50.5. The summed E-state index contributed by atoms with van der Waals surface area (Å²) in [4.78, 5) is 26.6. The molecule has 0 radical (unpaired) electrons. The summed E-state index contributed by atoms with van der Waals surface area (Å²) in [6.07, 6.45) is 61.8. The second-order valence-electron chi connectivity index (χ2n) is 22.1. The maximum Gasteiger partial charge on any atom is 0.306 e. The molecular formula is C68H119NO10. The summed E-state index contributed by atoms with van der Waals surface area (Å²) in [6.45, 7) is 5.73. The van der Waals surface area contributed by atoms with E-state index in [9.17, 15) is 35.1 Å². The maximum absolute atomic E-state index is 13.4. The Balaban J connectivity index is 2.70. The minimum Gasteiger partial charge on any atom is -0.454 e. The molecule has 456 valence electrons. The second-order valence-corrected chi connectivity index (χ2v) is 22.1. The standard InChI is InChI=1S/C68H119NO10/c1-4-7-10-13-16-19-22-25-27-29-31-33-35-38-41-44-47-50-53-56-63(73)79-66-65(75)64(74)62(57-70)78-68(66)77-58-59(60(71)54-51-48-45-42-39-36-24-21-18-15-12-9-6-3)69-67(76)61(72)55-52-49-46-43-40-37-34-32-30-28-26-23-20-17-14-11-8-5-2/h16-17,19-20,25-28,31,33,38,41,51,54,59-62,64-66,68,70-72,74-75H,4-15,18,21-24,29-30,32,34-37,39-40,42-50,52-53,55-58H2,1-3H3,(H,69,76)/b19-16-,20-17-,27-25-,28-26-,33-31-,41-38-,54-51+. The summed E-state index contributed by atoms with van der Waals surface area (Å²) in [5.41, 5.74) is 0. The molecule has 79 heavy (non-hydrogen) atoms. The van der Waals surface area contributed by atoms with Gasteiger partial charge in [0.25, 0.3) is 0 Å². The predicted octanol–water partition coefficient (Wildman–Crippen LogP) is 15.7. The minimum atomic E-state index is -1.63. The molecule has 11 nitrogen and oxygen atoms in total. The van der Waals surface area contributed by atoms with Crippen LogP contribution in [0.1, 0.15) is 271 Å². The molecule has 0 aromatic heterocycles. The van der Waals surface area contributed by atoms with E-state index in [2.05, 4.69) is 99.0 Å². The van der Waals surface area contributed by atoms with Crippen LogP contribution in [-0.2, 0) is 23.8 Å². The topological polar surface area (TPSA) is 175 Å². The van der Waals surface area contributed by atoms with Crippen LogP contribution in [0, 0.1) is 0 Å². The molecule has 8 atom stereocenters. The molecule has 1 rings (SSSR count). The van der Waals surface area contributed by atoms with E-state index in [-0.39, 0.29) is 19.4 Å². The second kappa shape index (κ2) is 55.4. The van der Waals surface area contributed by atoms with Crippen LogP contribution in [0.15, 0.2) is 85.1 Å². The molecule has 1 aliphatic rings. The Labute approximate surface area is 483 Å². The van der Waals surface area contributed by atoms with Crippen LogP contribution >= 0.6 is 0 Å². The van der Waals surface area contributed by atoms with Crippen molar-refractivity contribution in [1.82, 2.24) is 5.32 Å². The minimum absolute atomic E-state index is 0.0826. The normalized spacial score (nSPS) is 19.4. The SMILES string of the molecule is CCCCC/C=C\C/C=C\C/C=C\C/C=C\CCCCCC(=O)OC1C(OCC(NC(=O)C(O)CCCCCCCCCC/C=C\C/C=C\CCCCC)C(O)/C=C/CCCCCCCCCCCCC)OC(CO)C(O)C1O. The summed E-state index contributed by atoms with van der Waals surface area (Å²) in [5, 5.41) is 57.1. The van der Waals surface area contributed by atoms with Crippen LogP contribution in [0.3, 0.4) is 0 Å². The maximum atomic E-state index is 13.4. The average Bonchev–Trinajstić information content (AvgIpc) is 3.49. The molecule has 1 heterocycles. The summed E-state index contributed by atoms with van der Waals surface area (Å²) < 4.78 is 17.6. The number of aliphatic hydroxyl groups is 5. The quantitative estimate of drug-likeness (QED) is 0.0195. The highest BCUT2D eigenvalue weighted by molar-refractivity contribution is 5.80. The summed E-state index contributed by atoms with van der Waals surface area (Å²) in [7, 11) is 0. The first-order chi connectivity index (χ1) is 38.7. The number of nitrogens with one attached hydrogen (secondary N) is 1.